The number of carbonyl (C=O) groups excluding carboxylic acids is 1. The zero-order valence-electron chi connectivity index (χ0n) is 14.2. The van der Waals surface area contributed by atoms with Gasteiger partial charge in [0.1, 0.15) is 0 Å². The number of amides is 1. The fraction of sp³-hybridized carbons (Fsp3) is 0.867. The lowest BCUT2D eigenvalue weighted by molar-refractivity contribution is -0.120. The molecule has 0 aromatic carbocycles. The Bertz CT molecular complexity index is 289. The highest BCUT2D eigenvalue weighted by atomic mass is 127. The van der Waals surface area contributed by atoms with E-state index in [0.717, 1.165) is 51.5 Å². The van der Waals surface area contributed by atoms with Crippen LogP contribution in [0.3, 0.4) is 0 Å². The Morgan fingerprint density at radius 2 is 1.64 bits per heavy atom. The van der Waals surface area contributed by atoms with Crippen LogP contribution in [0.15, 0.2) is 4.99 Å². The Hall–Kier alpha value is -0.570. The molecule has 0 aliphatic heterocycles. The Morgan fingerprint density at radius 1 is 0.955 bits per heavy atom. The summed E-state index contributed by atoms with van der Waals surface area (Å²) in [5, 5.41) is 9.17. The number of hydrogen-bond donors (Lipinski definition) is 3. The van der Waals surface area contributed by atoms with Gasteiger partial charge in [0.25, 0.3) is 0 Å². The zero-order valence-corrected chi connectivity index (χ0v) is 16.6. The molecular weight excluding hydrogens is 395 g/mol. The third kappa shape index (κ3) is 15.8. The first-order valence-electron chi connectivity index (χ1n) is 8.03. The molecule has 0 aromatic heterocycles. The topological polar surface area (TPSA) is 74.8 Å². The highest BCUT2D eigenvalue weighted by Crippen LogP contribution is 1.89. The molecule has 0 radical (unpaired) electrons. The number of hydrogen-bond acceptors (Lipinski definition) is 3. The third-order valence-corrected chi connectivity index (χ3v) is 2.84. The first-order chi connectivity index (χ1) is 10.2. The highest BCUT2D eigenvalue weighted by molar-refractivity contribution is 14.0. The Balaban J connectivity index is 0. The van der Waals surface area contributed by atoms with Crippen molar-refractivity contribution in [2.45, 2.75) is 46.0 Å². The molecule has 0 unspecified atom stereocenters. The molecule has 0 saturated carbocycles. The van der Waals surface area contributed by atoms with Crippen LogP contribution in [-0.4, -0.2) is 51.8 Å². The van der Waals surface area contributed by atoms with Crippen LogP contribution >= 0.6 is 24.0 Å². The number of nitrogens with zero attached hydrogens (tertiary/aromatic N) is 1. The summed E-state index contributed by atoms with van der Waals surface area (Å²) in [6.45, 7) is 7.94. The number of guanidine groups is 1. The van der Waals surface area contributed by atoms with Gasteiger partial charge in [0.2, 0.25) is 5.91 Å². The minimum absolute atomic E-state index is 0. The van der Waals surface area contributed by atoms with Gasteiger partial charge in [0, 0.05) is 46.3 Å². The minimum atomic E-state index is 0. The quantitative estimate of drug-likeness (QED) is 0.192. The van der Waals surface area contributed by atoms with Crippen LogP contribution in [0.5, 0.6) is 0 Å². The maximum Gasteiger partial charge on any atom is 0.221 e. The number of rotatable bonds is 12. The van der Waals surface area contributed by atoms with Crippen molar-refractivity contribution in [2.75, 3.05) is 39.9 Å². The Morgan fingerprint density at radius 3 is 2.27 bits per heavy atom. The lowest BCUT2D eigenvalue weighted by Gasteiger charge is -2.12. The molecule has 0 aliphatic rings. The van der Waals surface area contributed by atoms with Crippen molar-refractivity contribution in [2.24, 2.45) is 4.99 Å². The molecule has 132 valence electrons. The van der Waals surface area contributed by atoms with E-state index < -0.39 is 0 Å². The summed E-state index contributed by atoms with van der Waals surface area (Å²) < 4.78 is 5.49. The van der Waals surface area contributed by atoms with E-state index in [2.05, 4.69) is 27.9 Å². The fourth-order valence-corrected chi connectivity index (χ4v) is 1.60. The summed E-state index contributed by atoms with van der Waals surface area (Å²) in [5.41, 5.74) is 0. The number of ether oxygens (including phenoxy) is 1. The van der Waals surface area contributed by atoms with E-state index in [1.165, 1.54) is 6.42 Å². The van der Waals surface area contributed by atoms with Crippen LogP contribution in [0.25, 0.3) is 0 Å². The molecule has 3 N–H and O–H groups in total. The number of unbranched alkanes of at least 4 members (excludes halogenated alkanes) is 1. The maximum atomic E-state index is 11.4. The monoisotopic (exact) mass is 428 g/mol. The highest BCUT2D eigenvalue weighted by Gasteiger charge is 2.01. The molecule has 1 amide bonds. The van der Waals surface area contributed by atoms with Crippen LogP contribution in [0, 0.1) is 0 Å². The average molecular weight is 428 g/mol. The molecule has 0 heterocycles. The molecule has 0 spiro atoms. The van der Waals surface area contributed by atoms with Gasteiger partial charge in [-0.05, 0) is 19.3 Å². The Kier molecular flexibility index (Phi) is 19.9. The van der Waals surface area contributed by atoms with Crippen molar-refractivity contribution in [3.05, 3.63) is 0 Å². The largest absolute Gasteiger partial charge is 0.381 e. The molecule has 0 aromatic rings. The van der Waals surface area contributed by atoms with E-state index in [-0.39, 0.29) is 29.9 Å². The Labute approximate surface area is 152 Å². The number of carbonyl (C=O) groups is 1. The standard InChI is InChI=1S/C15H32N4O2.HI/c1-4-6-12-21-13-7-10-18-15(16-3)19-11-8-14(20)17-9-5-2;/h4-13H2,1-3H3,(H,17,20)(H2,16,18,19);1H. The van der Waals surface area contributed by atoms with E-state index in [0.29, 0.717) is 13.0 Å². The van der Waals surface area contributed by atoms with Crippen molar-refractivity contribution in [3.63, 3.8) is 0 Å². The van der Waals surface area contributed by atoms with E-state index in [1.54, 1.807) is 7.05 Å². The van der Waals surface area contributed by atoms with Crippen LogP contribution in [0.1, 0.15) is 46.0 Å². The van der Waals surface area contributed by atoms with Crippen molar-refractivity contribution in [3.8, 4) is 0 Å². The van der Waals surface area contributed by atoms with E-state index >= 15 is 0 Å². The van der Waals surface area contributed by atoms with Gasteiger partial charge in [0.15, 0.2) is 5.96 Å². The molecule has 22 heavy (non-hydrogen) atoms. The lowest BCUT2D eigenvalue weighted by atomic mass is 10.3. The summed E-state index contributed by atoms with van der Waals surface area (Å²) in [5.74, 6) is 0.802. The molecule has 0 atom stereocenters. The number of aliphatic imine (C=N–C) groups is 1. The molecule has 7 heteroatoms. The maximum absolute atomic E-state index is 11.4. The number of nitrogens with one attached hydrogen (secondary N) is 3. The first kappa shape index (κ1) is 23.7. The summed E-state index contributed by atoms with van der Waals surface area (Å²) in [4.78, 5) is 15.5. The van der Waals surface area contributed by atoms with Crippen molar-refractivity contribution < 1.29 is 9.53 Å². The van der Waals surface area contributed by atoms with Gasteiger partial charge >= 0.3 is 0 Å². The SMILES string of the molecule is CCCCOCCCNC(=NC)NCCC(=O)NCCC.I. The van der Waals surface area contributed by atoms with Crippen LogP contribution in [-0.2, 0) is 9.53 Å². The first-order valence-corrected chi connectivity index (χ1v) is 8.03. The molecule has 0 saturated heterocycles. The van der Waals surface area contributed by atoms with Crippen LogP contribution < -0.4 is 16.0 Å². The van der Waals surface area contributed by atoms with E-state index in [4.69, 9.17) is 4.74 Å². The summed E-state index contributed by atoms with van der Waals surface area (Å²) >= 11 is 0. The normalized spacial score (nSPS) is 10.8. The van der Waals surface area contributed by atoms with Crippen molar-refractivity contribution in [1.29, 1.82) is 0 Å². The summed E-state index contributed by atoms with van der Waals surface area (Å²) in [7, 11) is 1.73. The second-order valence-corrected chi connectivity index (χ2v) is 4.85. The lowest BCUT2D eigenvalue weighted by Crippen LogP contribution is -2.40. The minimum Gasteiger partial charge on any atom is -0.381 e. The fourth-order valence-electron chi connectivity index (χ4n) is 1.60. The van der Waals surface area contributed by atoms with Gasteiger partial charge in [-0.1, -0.05) is 20.3 Å². The van der Waals surface area contributed by atoms with E-state index in [1.807, 2.05) is 6.92 Å². The molecule has 0 aliphatic carbocycles. The second kappa shape index (κ2) is 18.5. The van der Waals surface area contributed by atoms with Crippen LogP contribution in [0.4, 0.5) is 0 Å². The zero-order chi connectivity index (χ0) is 15.8. The van der Waals surface area contributed by atoms with Gasteiger partial charge in [-0.3, -0.25) is 9.79 Å². The third-order valence-electron chi connectivity index (χ3n) is 2.84. The van der Waals surface area contributed by atoms with Gasteiger partial charge in [-0.2, -0.15) is 0 Å². The van der Waals surface area contributed by atoms with Crippen molar-refractivity contribution in [1.82, 2.24) is 16.0 Å². The van der Waals surface area contributed by atoms with Gasteiger partial charge in [-0.15, -0.1) is 24.0 Å². The average Bonchev–Trinajstić information content (AvgIpc) is 2.50. The van der Waals surface area contributed by atoms with Crippen LogP contribution in [0.2, 0.25) is 0 Å². The number of halogens is 1. The summed E-state index contributed by atoms with van der Waals surface area (Å²) in [6.07, 6.45) is 4.66. The van der Waals surface area contributed by atoms with Crippen molar-refractivity contribution >= 4 is 35.8 Å². The smallest absolute Gasteiger partial charge is 0.221 e. The molecule has 0 rings (SSSR count). The second-order valence-electron chi connectivity index (χ2n) is 4.85. The molecule has 0 fully saturated rings. The molecular formula is C15H33IN4O2. The van der Waals surface area contributed by atoms with Gasteiger partial charge < -0.3 is 20.7 Å². The predicted molar refractivity (Wildman–Crippen MR) is 103 cm³/mol. The van der Waals surface area contributed by atoms with Gasteiger partial charge in [0.05, 0.1) is 0 Å². The predicted octanol–water partition coefficient (Wildman–Crippen LogP) is 1.89. The molecule has 6 nitrogen and oxygen atoms in total. The summed E-state index contributed by atoms with van der Waals surface area (Å²) in [6, 6.07) is 0. The molecule has 0 bridgehead atoms. The van der Waals surface area contributed by atoms with E-state index in [9.17, 15) is 4.79 Å². The van der Waals surface area contributed by atoms with Gasteiger partial charge in [-0.25, -0.2) is 0 Å².